The van der Waals surface area contributed by atoms with E-state index in [4.69, 9.17) is 21.1 Å². The molecule has 11 heteroatoms. The summed E-state index contributed by atoms with van der Waals surface area (Å²) in [6.07, 6.45) is 2.42. The van der Waals surface area contributed by atoms with Crippen molar-refractivity contribution < 1.29 is 14.3 Å². The van der Waals surface area contributed by atoms with E-state index >= 15 is 0 Å². The third kappa shape index (κ3) is 5.77. The normalized spacial score (nSPS) is 13.1. The van der Waals surface area contributed by atoms with Gasteiger partial charge >= 0.3 is 0 Å². The number of ether oxygens (including phenoxy) is 2. The molecule has 0 radical (unpaired) electrons. The number of aromatic nitrogens is 3. The van der Waals surface area contributed by atoms with Crippen LogP contribution in [0.1, 0.15) is 16.7 Å². The number of fused-ring (bicyclic) bond motifs is 1. The second kappa shape index (κ2) is 10.6. The molecule has 1 aromatic heterocycles. The number of benzene rings is 2. The largest absolute Gasteiger partial charge is 0.493 e. The van der Waals surface area contributed by atoms with Crippen LogP contribution in [0.15, 0.2) is 46.7 Å². The Balaban J connectivity index is 1.29. The van der Waals surface area contributed by atoms with E-state index < -0.39 is 0 Å². The predicted molar refractivity (Wildman–Crippen MR) is 128 cm³/mol. The van der Waals surface area contributed by atoms with Crippen LogP contribution in [0.5, 0.6) is 11.5 Å². The van der Waals surface area contributed by atoms with Crippen molar-refractivity contribution in [1.82, 2.24) is 20.1 Å². The molecule has 0 bridgehead atoms. The van der Waals surface area contributed by atoms with Crippen LogP contribution in [0.25, 0.3) is 0 Å². The van der Waals surface area contributed by atoms with Gasteiger partial charge < -0.3 is 14.4 Å². The van der Waals surface area contributed by atoms with Gasteiger partial charge in [-0.25, -0.2) is 10.5 Å². The minimum absolute atomic E-state index is 0.0282. The second-order valence-corrected chi connectivity index (χ2v) is 8.60. The van der Waals surface area contributed by atoms with Gasteiger partial charge in [-0.3, -0.25) is 4.79 Å². The third-order valence-corrected chi connectivity index (χ3v) is 6.20. The first-order valence-corrected chi connectivity index (χ1v) is 11.5. The smallest absolute Gasteiger partial charge is 0.240 e. The van der Waals surface area contributed by atoms with E-state index in [-0.39, 0.29) is 11.7 Å². The Bertz CT molecular complexity index is 1150. The first kappa shape index (κ1) is 22.9. The number of rotatable bonds is 8. The van der Waals surface area contributed by atoms with Crippen LogP contribution in [0.4, 0.5) is 5.95 Å². The molecule has 0 saturated carbocycles. The summed E-state index contributed by atoms with van der Waals surface area (Å²) in [4.78, 5) is 18.9. The summed E-state index contributed by atoms with van der Waals surface area (Å²) in [5.41, 5.74) is 5.92. The molecule has 0 spiro atoms. The fraction of sp³-hybridized carbons (Fsp3) is 0.273. The van der Waals surface area contributed by atoms with Gasteiger partial charge in [-0.1, -0.05) is 35.5 Å². The quantitative estimate of drug-likeness (QED) is 0.285. The minimum atomic E-state index is 0.0282. The number of hydrazone groups is 1. The highest BCUT2D eigenvalue weighted by Crippen LogP contribution is 2.33. The van der Waals surface area contributed by atoms with Gasteiger partial charge in [0.05, 0.1) is 26.2 Å². The molecule has 172 valence electrons. The number of H-pyrrole nitrogens is 1. The van der Waals surface area contributed by atoms with Gasteiger partial charge in [0.25, 0.3) is 0 Å². The van der Waals surface area contributed by atoms with Crippen molar-refractivity contribution in [2.24, 2.45) is 5.10 Å². The van der Waals surface area contributed by atoms with Crippen LogP contribution in [-0.2, 0) is 17.8 Å². The summed E-state index contributed by atoms with van der Waals surface area (Å²) in [6, 6.07) is 11.2. The van der Waals surface area contributed by atoms with E-state index in [1.54, 1.807) is 32.6 Å². The number of aromatic amines is 1. The molecule has 0 atom stereocenters. The molecule has 9 nitrogen and oxygen atoms in total. The van der Waals surface area contributed by atoms with Gasteiger partial charge in [0.15, 0.2) is 11.5 Å². The lowest BCUT2D eigenvalue weighted by molar-refractivity contribution is -0.129. The second-order valence-electron chi connectivity index (χ2n) is 7.22. The number of hydrogen-bond donors (Lipinski definition) is 2. The molecule has 0 fully saturated rings. The van der Waals surface area contributed by atoms with Crippen LogP contribution >= 0.6 is 23.4 Å². The van der Waals surface area contributed by atoms with Gasteiger partial charge in [0.2, 0.25) is 17.0 Å². The molecule has 33 heavy (non-hydrogen) atoms. The van der Waals surface area contributed by atoms with Gasteiger partial charge in [-0.2, -0.15) is 10.1 Å². The molecule has 2 aromatic carbocycles. The number of hydrogen-bond acceptors (Lipinski definition) is 8. The number of anilines is 1. The summed E-state index contributed by atoms with van der Waals surface area (Å²) in [7, 11) is 3.23. The topological polar surface area (TPSA) is 105 Å². The summed E-state index contributed by atoms with van der Waals surface area (Å²) in [6.45, 7) is 1.19. The van der Waals surface area contributed by atoms with Crippen LogP contribution < -0.4 is 14.9 Å². The van der Waals surface area contributed by atoms with Crippen molar-refractivity contribution in [2.45, 2.75) is 18.1 Å². The molecule has 3 aromatic rings. The summed E-state index contributed by atoms with van der Waals surface area (Å²) < 4.78 is 10.8. The van der Waals surface area contributed by atoms with Crippen LogP contribution in [-0.4, -0.2) is 58.7 Å². The molecule has 1 aliphatic heterocycles. The van der Waals surface area contributed by atoms with E-state index in [9.17, 15) is 4.79 Å². The highest BCUT2D eigenvalue weighted by Gasteiger charge is 2.23. The zero-order valence-corrected chi connectivity index (χ0v) is 19.7. The molecule has 2 N–H and O–H groups in total. The van der Waals surface area contributed by atoms with Gasteiger partial charge in [-0.15, -0.1) is 5.10 Å². The molecule has 2 heterocycles. The molecule has 1 amide bonds. The summed E-state index contributed by atoms with van der Waals surface area (Å²) in [5, 5.41) is 12.1. The molecule has 0 aliphatic carbocycles. The fourth-order valence-corrected chi connectivity index (χ4v) is 4.22. The Morgan fingerprint density at radius 2 is 1.97 bits per heavy atom. The number of nitrogens with one attached hydrogen (secondary N) is 2. The predicted octanol–water partition coefficient (Wildman–Crippen LogP) is 3.60. The average Bonchev–Trinajstić information content (AvgIpc) is 3.30. The highest BCUT2D eigenvalue weighted by molar-refractivity contribution is 7.99. The number of thioether (sulfide) groups is 1. The monoisotopic (exact) mass is 486 g/mol. The maximum absolute atomic E-state index is 12.8. The summed E-state index contributed by atoms with van der Waals surface area (Å²) >= 11 is 7.14. The molecule has 4 rings (SSSR count). The van der Waals surface area contributed by atoms with E-state index in [2.05, 4.69) is 25.7 Å². The van der Waals surface area contributed by atoms with Gasteiger partial charge in [0.1, 0.15) is 0 Å². The number of amides is 1. The number of methoxy groups -OCH3 is 2. The van der Waals surface area contributed by atoms with Crippen molar-refractivity contribution in [2.75, 3.05) is 31.9 Å². The Morgan fingerprint density at radius 3 is 2.70 bits per heavy atom. The van der Waals surface area contributed by atoms with Gasteiger partial charge in [0, 0.05) is 18.1 Å². The van der Waals surface area contributed by atoms with E-state index in [0.29, 0.717) is 40.7 Å². The number of nitrogens with zero attached hydrogens (tertiary/aromatic N) is 4. The molecule has 0 unspecified atom stereocenters. The Hall–Kier alpha value is -3.24. The van der Waals surface area contributed by atoms with Crippen molar-refractivity contribution in [1.29, 1.82) is 0 Å². The van der Waals surface area contributed by atoms with E-state index in [0.717, 1.165) is 17.5 Å². The molecule has 0 saturated heterocycles. The Kier molecular flexibility index (Phi) is 7.36. The number of carbonyl (C=O) groups excluding carboxylic acids is 1. The lowest BCUT2D eigenvalue weighted by Crippen LogP contribution is -2.37. The first-order chi connectivity index (χ1) is 16.1. The highest BCUT2D eigenvalue weighted by atomic mass is 35.5. The lowest BCUT2D eigenvalue weighted by atomic mass is 9.99. The maximum atomic E-state index is 12.8. The SMILES string of the molecule is COc1cc2c(cc1OC)CN(C(=O)CSc1n[nH]c(N/N=C\c3ccc(Cl)cc3)n1)CC2. The maximum Gasteiger partial charge on any atom is 0.240 e. The van der Waals surface area contributed by atoms with Gasteiger partial charge in [-0.05, 0) is 47.4 Å². The van der Waals surface area contributed by atoms with Crippen molar-refractivity contribution in [3.63, 3.8) is 0 Å². The lowest BCUT2D eigenvalue weighted by Gasteiger charge is -2.29. The van der Waals surface area contributed by atoms with Crippen molar-refractivity contribution in [3.05, 3.63) is 58.1 Å². The molecular formula is C22H23ClN6O3S. The molecular weight excluding hydrogens is 464 g/mol. The van der Waals surface area contributed by atoms with Crippen LogP contribution in [0, 0.1) is 0 Å². The average molecular weight is 487 g/mol. The minimum Gasteiger partial charge on any atom is -0.493 e. The zero-order chi connectivity index (χ0) is 23.2. The van der Waals surface area contributed by atoms with Crippen molar-refractivity contribution in [3.8, 4) is 11.5 Å². The summed E-state index contributed by atoms with van der Waals surface area (Å²) in [5.74, 6) is 2.04. The Morgan fingerprint density at radius 1 is 1.24 bits per heavy atom. The fourth-order valence-electron chi connectivity index (χ4n) is 3.39. The molecule has 1 aliphatic rings. The van der Waals surface area contributed by atoms with Crippen molar-refractivity contribution >= 4 is 41.4 Å². The van der Waals surface area contributed by atoms with E-state index in [1.165, 1.54) is 17.3 Å². The standard InChI is InChI=1S/C22H23ClN6O3S/c1-31-18-9-15-7-8-29(12-16(15)10-19(18)32-2)20(30)13-33-22-25-21(27-28-22)26-24-11-14-3-5-17(23)6-4-14/h3-6,9-11H,7-8,12-13H2,1-2H3,(H2,25,26,27,28)/b24-11-. The number of halogens is 1. The number of carbonyl (C=O) groups is 1. The first-order valence-electron chi connectivity index (χ1n) is 10.2. The zero-order valence-electron chi connectivity index (χ0n) is 18.2. The van der Waals surface area contributed by atoms with Crippen LogP contribution in [0.2, 0.25) is 5.02 Å². The third-order valence-electron chi connectivity index (χ3n) is 5.11. The van der Waals surface area contributed by atoms with Crippen LogP contribution in [0.3, 0.4) is 0 Å². The Labute approximate surface area is 200 Å². The van der Waals surface area contributed by atoms with E-state index in [1.807, 2.05) is 29.2 Å².